The summed E-state index contributed by atoms with van der Waals surface area (Å²) in [7, 11) is 0. The molecule has 0 aromatic heterocycles. The van der Waals surface area contributed by atoms with E-state index in [1.165, 1.54) is 0 Å². The molecule has 3 heteroatoms. The summed E-state index contributed by atoms with van der Waals surface area (Å²) in [5, 5.41) is 3.12. The maximum absolute atomic E-state index is 11.6. The van der Waals surface area contributed by atoms with Gasteiger partial charge in [-0.05, 0) is 6.42 Å². The molecule has 0 spiro atoms. The highest BCUT2D eigenvalue weighted by Gasteiger charge is 2.10. The number of hydrogen-bond acceptors (Lipinski definition) is 2. The number of carbonyl (C=O) groups excluding carboxylic acids is 1. The van der Waals surface area contributed by atoms with Gasteiger partial charge in [-0.1, -0.05) is 26.8 Å². The van der Waals surface area contributed by atoms with E-state index >= 15 is 0 Å². The Bertz CT molecular complexity index is 178. The first-order chi connectivity index (χ1) is 6.61. The van der Waals surface area contributed by atoms with Crippen LogP contribution in [0.15, 0.2) is 12.7 Å². The van der Waals surface area contributed by atoms with Crippen molar-refractivity contribution in [3.63, 3.8) is 0 Å². The number of rotatable bonds is 7. The fraction of sp³-hybridized carbons (Fsp3) is 0.727. The molecule has 0 saturated carbocycles. The molecule has 1 N–H and O–H groups in total. The van der Waals surface area contributed by atoms with Crippen LogP contribution in [0.1, 0.15) is 27.2 Å². The van der Waals surface area contributed by atoms with Crippen molar-refractivity contribution in [1.29, 1.82) is 0 Å². The maximum Gasteiger partial charge on any atom is 0.236 e. The average Bonchev–Trinajstić information content (AvgIpc) is 2.14. The first kappa shape index (κ1) is 13.2. The molecule has 0 unspecified atom stereocenters. The van der Waals surface area contributed by atoms with Gasteiger partial charge in [-0.15, -0.1) is 6.58 Å². The summed E-state index contributed by atoms with van der Waals surface area (Å²) in [6.07, 6.45) is 2.75. The normalized spacial score (nSPS) is 10.3. The molecule has 0 aromatic rings. The van der Waals surface area contributed by atoms with Crippen LogP contribution in [0.2, 0.25) is 0 Å². The van der Waals surface area contributed by atoms with Gasteiger partial charge in [0.1, 0.15) is 0 Å². The quantitative estimate of drug-likeness (QED) is 0.627. The highest BCUT2D eigenvalue weighted by molar-refractivity contribution is 5.78. The van der Waals surface area contributed by atoms with Crippen LogP contribution >= 0.6 is 0 Å². The van der Waals surface area contributed by atoms with Crippen molar-refractivity contribution in [3.8, 4) is 0 Å². The molecule has 14 heavy (non-hydrogen) atoms. The monoisotopic (exact) mass is 198 g/mol. The molecule has 3 nitrogen and oxygen atoms in total. The molecule has 0 bridgehead atoms. The van der Waals surface area contributed by atoms with Crippen LogP contribution in [-0.4, -0.2) is 36.5 Å². The third-order valence-electron chi connectivity index (χ3n) is 1.86. The fourth-order valence-corrected chi connectivity index (χ4v) is 1.15. The zero-order chi connectivity index (χ0) is 11.0. The SMILES string of the molecule is C=CCN(CCC)C(=O)CNC(C)C. The number of amides is 1. The Kier molecular flexibility index (Phi) is 7.11. The Morgan fingerprint density at radius 2 is 2.21 bits per heavy atom. The Hall–Kier alpha value is -0.830. The Morgan fingerprint density at radius 3 is 2.64 bits per heavy atom. The molecule has 0 atom stereocenters. The van der Waals surface area contributed by atoms with Crippen LogP contribution in [0, 0.1) is 0 Å². The lowest BCUT2D eigenvalue weighted by molar-refractivity contribution is -0.129. The van der Waals surface area contributed by atoms with Crippen molar-refractivity contribution in [2.75, 3.05) is 19.6 Å². The predicted octanol–water partition coefficient (Wildman–Crippen LogP) is 1.41. The first-order valence-corrected chi connectivity index (χ1v) is 5.23. The summed E-state index contributed by atoms with van der Waals surface area (Å²) < 4.78 is 0. The van der Waals surface area contributed by atoms with Crippen LogP contribution in [0.4, 0.5) is 0 Å². The lowest BCUT2D eigenvalue weighted by Gasteiger charge is -2.21. The summed E-state index contributed by atoms with van der Waals surface area (Å²) in [5.74, 6) is 0.153. The van der Waals surface area contributed by atoms with E-state index in [1.807, 2.05) is 18.7 Å². The van der Waals surface area contributed by atoms with Gasteiger partial charge in [0.25, 0.3) is 0 Å². The van der Waals surface area contributed by atoms with Crippen LogP contribution < -0.4 is 5.32 Å². The van der Waals surface area contributed by atoms with Crippen molar-refractivity contribution in [2.24, 2.45) is 0 Å². The summed E-state index contributed by atoms with van der Waals surface area (Å²) in [6.45, 7) is 11.7. The van der Waals surface area contributed by atoms with Crippen LogP contribution in [0.3, 0.4) is 0 Å². The van der Waals surface area contributed by atoms with Crippen molar-refractivity contribution in [2.45, 2.75) is 33.2 Å². The van der Waals surface area contributed by atoms with Crippen molar-refractivity contribution >= 4 is 5.91 Å². The largest absolute Gasteiger partial charge is 0.338 e. The van der Waals surface area contributed by atoms with E-state index < -0.39 is 0 Å². The molecule has 0 radical (unpaired) electrons. The van der Waals surface area contributed by atoms with E-state index in [0.29, 0.717) is 19.1 Å². The summed E-state index contributed by atoms with van der Waals surface area (Å²) in [4.78, 5) is 13.5. The van der Waals surface area contributed by atoms with Crippen LogP contribution in [-0.2, 0) is 4.79 Å². The van der Waals surface area contributed by atoms with E-state index in [-0.39, 0.29) is 5.91 Å². The summed E-state index contributed by atoms with van der Waals surface area (Å²) >= 11 is 0. The number of carbonyl (C=O) groups is 1. The van der Waals surface area contributed by atoms with Gasteiger partial charge >= 0.3 is 0 Å². The molecule has 0 aliphatic carbocycles. The van der Waals surface area contributed by atoms with Gasteiger partial charge in [0.15, 0.2) is 0 Å². The Morgan fingerprint density at radius 1 is 1.57 bits per heavy atom. The maximum atomic E-state index is 11.6. The number of hydrogen-bond donors (Lipinski definition) is 1. The van der Waals surface area contributed by atoms with E-state index in [0.717, 1.165) is 13.0 Å². The van der Waals surface area contributed by atoms with Gasteiger partial charge < -0.3 is 10.2 Å². The minimum absolute atomic E-state index is 0.153. The van der Waals surface area contributed by atoms with Gasteiger partial charge in [-0.3, -0.25) is 4.79 Å². The standard InChI is InChI=1S/C11H22N2O/c1-5-7-13(8-6-2)11(14)9-12-10(3)4/h5,10,12H,1,6-9H2,2-4H3. The molecule has 82 valence electrons. The highest BCUT2D eigenvalue weighted by atomic mass is 16.2. The van der Waals surface area contributed by atoms with E-state index in [9.17, 15) is 4.79 Å². The zero-order valence-electron chi connectivity index (χ0n) is 9.55. The minimum Gasteiger partial charge on any atom is -0.338 e. The fourth-order valence-electron chi connectivity index (χ4n) is 1.15. The molecule has 0 fully saturated rings. The molecule has 1 amide bonds. The third kappa shape index (κ3) is 5.75. The number of nitrogens with one attached hydrogen (secondary N) is 1. The van der Waals surface area contributed by atoms with Crippen LogP contribution in [0.25, 0.3) is 0 Å². The van der Waals surface area contributed by atoms with Gasteiger partial charge in [-0.2, -0.15) is 0 Å². The van der Waals surface area contributed by atoms with Crippen molar-refractivity contribution in [3.05, 3.63) is 12.7 Å². The second kappa shape index (κ2) is 7.56. The molecular formula is C11H22N2O. The van der Waals surface area contributed by atoms with Gasteiger partial charge in [-0.25, -0.2) is 0 Å². The highest BCUT2D eigenvalue weighted by Crippen LogP contribution is 1.93. The Labute approximate surface area is 87.2 Å². The molecule has 0 heterocycles. The van der Waals surface area contributed by atoms with E-state index in [1.54, 1.807) is 6.08 Å². The van der Waals surface area contributed by atoms with E-state index in [2.05, 4.69) is 18.8 Å². The topological polar surface area (TPSA) is 32.3 Å². The zero-order valence-corrected chi connectivity index (χ0v) is 9.55. The van der Waals surface area contributed by atoms with Crippen molar-refractivity contribution in [1.82, 2.24) is 10.2 Å². The molecule has 0 aliphatic rings. The molecule has 0 rings (SSSR count). The van der Waals surface area contributed by atoms with Gasteiger partial charge in [0.2, 0.25) is 5.91 Å². The molecule has 0 saturated heterocycles. The predicted molar refractivity (Wildman–Crippen MR) is 60.2 cm³/mol. The van der Waals surface area contributed by atoms with Gasteiger partial charge in [0, 0.05) is 19.1 Å². The summed E-state index contributed by atoms with van der Waals surface area (Å²) in [5.41, 5.74) is 0. The molecule has 0 aliphatic heterocycles. The first-order valence-electron chi connectivity index (χ1n) is 5.23. The second-order valence-electron chi connectivity index (χ2n) is 3.66. The van der Waals surface area contributed by atoms with Crippen LogP contribution in [0.5, 0.6) is 0 Å². The average molecular weight is 198 g/mol. The van der Waals surface area contributed by atoms with E-state index in [4.69, 9.17) is 0 Å². The minimum atomic E-state index is 0.153. The van der Waals surface area contributed by atoms with Crippen molar-refractivity contribution < 1.29 is 4.79 Å². The smallest absolute Gasteiger partial charge is 0.236 e. The lowest BCUT2D eigenvalue weighted by Crippen LogP contribution is -2.40. The lowest BCUT2D eigenvalue weighted by atomic mass is 10.3. The number of nitrogens with zero attached hydrogens (tertiary/aromatic N) is 1. The summed E-state index contributed by atoms with van der Waals surface area (Å²) in [6, 6.07) is 0.353. The van der Waals surface area contributed by atoms with Gasteiger partial charge in [0.05, 0.1) is 6.54 Å². The molecular weight excluding hydrogens is 176 g/mol. The second-order valence-corrected chi connectivity index (χ2v) is 3.66. The molecule has 0 aromatic carbocycles. The third-order valence-corrected chi connectivity index (χ3v) is 1.86. The Balaban J connectivity index is 3.94.